The van der Waals surface area contributed by atoms with Crippen molar-refractivity contribution >= 4 is 63.0 Å². The zero-order chi connectivity index (χ0) is 41.0. The summed E-state index contributed by atoms with van der Waals surface area (Å²) >= 11 is 3.65. The van der Waals surface area contributed by atoms with Crippen molar-refractivity contribution in [3.05, 3.63) is 212 Å². The molecule has 9 aromatic carbocycles. The van der Waals surface area contributed by atoms with Gasteiger partial charge in [0.25, 0.3) is 0 Å². The van der Waals surface area contributed by atoms with E-state index in [-0.39, 0.29) is 0 Å². The minimum atomic E-state index is 0.647. The quantitative estimate of drug-likeness (QED) is 0.161. The first-order chi connectivity index (χ1) is 30.7. The Morgan fingerprint density at radius 2 is 0.694 bits per heavy atom. The van der Waals surface area contributed by atoms with Gasteiger partial charge in [0, 0.05) is 57.0 Å². The minimum Gasteiger partial charge on any atom is -0.208 e. The Morgan fingerprint density at radius 1 is 0.242 bits per heavy atom. The van der Waals surface area contributed by atoms with Crippen LogP contribution in [0.1, 0.15) is 0 Å². The van der Waals surface area contributed by atoms with Crippen LogP contribution < -0.4 is 0 Å². The first-order valence-electron chi connectivity index (χ1n) is 20.8. The molecule has 0 aliphatic heterocycles. The number of rotatable bonds is 7. The van der Waals surface area contributed by atoms with Crippen molar-refractivity contribution in [1.29, 1.82) is 0 Å². The highest BCUT2D eigenvalue weighted by molar-refractivity contribution is 7.26. The molecule has 0 aliphatic rings. The second-order valence-electron chi connectivity index (χ2n) is 15.5. The topological polar surface area (TPSA) is 38.7 Å². The van der Waals surface area contributed by atoms with Gasteiger partial charge in [-0.25, -0.2) is 15.0 Å². The third kappa shape index (κ3) is 6.38. The maximum Gasteiger partial charge on any atom is 0.164 e. The van der Waals surface area contributed by atoms with E-state index in [0.29, 0.717) is 17.5 Å². The molecule has 0 saturated heterocycles. The van der Waals surface area contributed by atoms with Crippen LogP contribution in [0.15, 0.2) is 212 Å². The van der Waals surface area contributed by atoms with E-state index in [1.165, 1.54) is 79.3 Å². The monoisotopic (exact) mass is 825 g/mol. The van der Waals surface area contributed by atoms with Crippen LogP contribution in [-0.4, -0.2) is 15.0 Å². The summed E-state index contributed by atoms with van der Waals surface area (Å²) in [5.41, 5.74) is 12.5. The summed E-state index contributed by atoms with van der Waals surface area (Å²) in [6, 6.07) is 75.8. The molecule has 12 rings (SSSR count). The summed E-state index contributed by atoms with van der Waals surface area (Å²) in [6.07, 6.45) is 0. The number of fused-ring (bicyclic) bond motifs is 6. The van der Waals surface area contributed by atoms with E-state index in [9.17, 15) is 0 Å². The molecule has 3 heterocycles. The molecular formula is C57H35N3S2. The first-order valence-corrected chi connectivity index (χ1v) is 22.4. The van der Waals surface area contributed by atoms with E-state index in [1.807, 2.05) is 29.5 Å². The minimum absolute atomic E-state index is 0.647. The zero-order valence-corrected chi connectivity index (χ0v) is 35.0. The van der Waals surface area contributed by atoms with Crippen LogP contribution in [-0.2, 0) is 0 Å². The molecule has 0 amide bonds. The lowest BCUT2D eigenvalue weighted by molar-refractivity contribution is 1.08. The van der Waals surface area contributed by atoms with E-state index in [2.05, 4.69) is 194 Å². The summed E-state index contributed by atoms with van der Waals surface area (Å²) in [4.78, 5) is 15.4. The molecule has 62 heavy (non-hydrogen) atoms. The Labute approximate surface area is 366 Å². The largest absolute Gasteiger partial charge is 0.208 e. The van der Waals surface area contributed by atoms with Crippen molar-refractivity contribution in [1.82, 2.24) is 15.0 Å². The van der Waals surface area contributed by atoms with Crippen molar-refractivity contribution in [2.45, 2.75) is 0 Å². The van der Waals surface area contributed by atoms with Crippen LogP contribution in [0.25, 0.3) is 119 Å². The summed E-state index contributed by atoms with van der Waals surface area (Å²) in [6.45, 7) is 0. The molecule has 5 heteroatoms. The highest BCUT2D eigenvalue weighted by Gasteiger charge is 2.18. The Kier molecular flexibility index (Phi) is 8.87. The summed E-state index contributed by atoms with van der Waals surface area (Å²) < 4.78 is 5.02. The van der Waals surface area contributed by atoms with Crippen molar-refractivity contribution in [2.75, 3.05) is 0 Å². The van der Waals surface area contributed by atoms with Crippen LogP contribution in [0.5, 0.6) is 0 Å². The zero-order valence-electron chi connectivity index (χ0n) is 33.4. The van der Waals surface area contributed by atoms with Gasteiger partial charge in [0.2, 0.25) is 0 Å². The normalized spacial score (nSPS) is 11.5. The number of aromatic nitrogens is 3. The lowest BCUT2D eigenvalue weighted by atomic mass is 9.90. The molecule has 0 atom stereocenters. The van der Waals surface area contributed by atoms with Crippen molar-refractivity contribution in [2.24, 2.45) is 0 Å². The smallest absolute Gasteiger partial charge is 0.164 e. The summed E-state index contributed by atoms with van der Waals surface area (Å²) in [5.74, 6) is 1.97. The number of benzene rings is 9. The molecule has 3 nitrogen and oxygen atoms in total. The highest BCUT2D eigenvalue weighted by atomic mass is 32.1. The predicted octanol–water partition coefficient (Wildman–Crippen LogP) is 16.3. The lowest BCUT2D eigenvalue weighted by Gasteiger charge is -2.13. The van der Waals surface area contributed by atoms with Crippen LogP contribution >= 0.6 is 22.7 Å². The maximum atomic E-state index is 5.19. The fraction of sp³-hybridized carbons (Fsp3) is 0. The number of nitrogens with zero attached hydrogens (tertiary/aromatic N) is 3. The first kappa shape index (κ1) is 36.3. The van der Waals surface area contributed by atoms with Gasteiger partial charge in [0.15, 0.2) is 17.5 Å². The standard InChI is InChI=1S/C57H35N3S2/c1-4-14-36(15-5-1)43-32-30-41(34-47(43)37-16-6-2-7-17-37)42-31-33-50-48(35-42)53-44(21-12-24-51(53)62-50)38-26-28-40(29-27-38)56-58-55(39-18-8-3-9-19-39)59-57(60-56)46-22-13-25-52-54(46)45-20-10-11-23-49(45)61-52/h1-35H. The molecule has 290 valence electrons. The third-order valence-electron chi connectivity index (χ3n) is 11.8. The Balaban J connectivity index is 0.955. The Morgan fingerprint density at radius 3 is 1.39 bits per heavy atom. The number of hydrogen-bond acceptors (Lipinski definition) is 5. The average molecular weight is 826 g/mol. The molecule has 0 spiro atoms. The number of hydrogen-bond donors (Lipinski definition) is 0. The van der Waals surface area contributed by atoms with Crippen LogP contribution in [0.4, 0.5) is 0 Å². The van der Waals surface area contributed by atoms with Gasteiger partial charge >= 0.3 is 0 Å². The van der Waals surface area contributed by atoms with Gasteiger partial charge in [0.05, 0.1) is 0 Å². The van der Waals surface area contributed by atoms with Gasteiger partial charge in [-0.1, -0.05) is 176 Å². The third-order valence-corrected chi connectivity index (χ3v) is 14.1. The van der Waals surface area contributed by atoms with Gasteiger partial charge in [-0.3, -0.25) is 0 Å². The maximum absolute atomic E-state index is 5.19. The van der Waals surface area contributed by atoms with Gasteiger partial charge in [-0.2, -0.15) is 0 Å². The molecule has 0 bridgehead atoms. The number of thiophene rings is 2. The van der Waals surface area contributed by atoms with Gasteiger partial charge in [0.1, 0.15) is 0 Å². The fourth-order valence-electron chi connectivity index (χ4n) is 8.80. The van der Waals surface area contributed by atoms with Gasteiger partial charge < -0.3 is 0 Å². The van der Waals surface area contributed by atoms with Crippen LogP contribution in [0.2, 0.25) is 0 Å². The predicted molar refractivity (Wildman–Crippen MR) is 264 cm³/mol. The van der Waals surface area contributed by atoms with Crippen molar-refractivity contribution in [3.8, 4) is 78.7 Å². The molecule has 0 saturated carbocycles. The van der Waals surface area contributed by atoms with E-state index in [0.717, 1.165) is 22.3 Å². The van der Waals surface area contributed by atoms with Crippen molar-refractivity contribution < 1.29 is 0 Å². The SMILES string of the molecule is c1ccc(-c2nc(-c3ccc(-c4cccc5sc6ccc(-c7ccc(-c8ccccc8)c(-c8ccccc8)c7)cc6c45)cc3)nc(-c3cccc4sc5ccccc5c34)n2)cc1. The lowest BCUT2D eigenvalue weighted by Crippen LogP contribution is -2.00. The fourth-order valence-corrected chi connectivity index (χ4v) is 11.0. The van der Waals surface area contributed by atoms with Crippen LogP contribution in [0, 0.1) is 0 Å². The Hall–Kier alpha value is -7.57. The van der Waals surface area contributed by atoms with E-state index in [4.69, 9.17) is 15.0 Å². The van der Waals surface area contributed by atoms with E-state index in [1.54, 1.807) is 11.3 Å². The van der Waals surface area contributed by atoms with Gasteiger partial charge in [-0.05, 0) is 80.9 Å². The highest BCUT2D eigenvalue weighted by Crippen LogP contribution is 2.44. The second-order valence-corrected chi connectivity index (χ2v) is 17.7. The molecule has 0 fully saturated rings. The molecule has 0 aliphatic carbocycles. The summed E-state index contributed by atoms with van der Waals surface area (Å²) in [7, 11) is 0. The molecule has 12 aromatic rings. The molecule has 3 aromatic heterocycles. The van der Waals surface area contributed by atoms with E-state index < -0.39 is 0 Å². The molecular weight excluding hydrogens is 791 g/mol. The summed E-state index contributed by atoms with van der Waals surface area (Å²) in [5, 5.41) is 4.94. The van der Waals surface area contributed by atoms with Gasteiger partial charge in [-0.15, -0.1) is 22.7 Å². The average Bonchev–Trinajstić information content (AvgIpc) is 3.93. The Bertz CT molecular complexity index is 3610. The molecule has 0 N–H and O–H groups in total. The molecule has 0 unspecified atom stereocenters. The van der Waals surface area contributed by atoms with Crippen LogP contribution in [0.3, 0.4) is 0 Å². The van der Waals surface area contributed by atoms with E-state index >= 15 is 0 Å². The molecule has 0 radical (unpaired) electrons. The van der Waals surface area contributed by atoms with Crippen molar-refractivity contribution in [3.63, 3.8) is 0 Å². The second kappa shape index (κ2) is 15.2.